The first-order valence-electron chi connectivity index (χ1n) is 3.76. The fourth-order valence-corrected chi connectivity index (χ4v) is 0.961. The van der Waals surface area contributed by atoms with Crippen molar-refractivity contribution in [3.05, 3.63) is 34.8 Å². The zero-order chi connectivity index (χ0) is 11.6. The molecule has 0 aliphatic heterocycles. The van der Waals surface area contributed by atoms with Crippen molar-refractivity contribution < 1.29 is 27.4 Å². The Morgan fingerprint density at radius 1 is 1.47 bits per heavy atom. The molecule has 1 heterocycles. The lowest BCUT2D eigenvalue weighted by molar-refractivity contribution is -0.631. The van der Waals surface area contributed by atoms with Crippen LogP contribution in [-0.4, -0.2) is 13.1 Å². The van der Waals surface area contributed by atoms with Gasteiger partial charge in [0.05, 0.1) is 7.11 Å². The predicted molar refractivity (Wildman–Crippen MR) is 41.7 cm³/mol. The van der Waals surface area contributed by atoms with E-state index in [1.165, 1.54) is 0 Å². The Kier molecular flexibility index (Phi) is 2.83. The van der Waals surface area contributed by atoms with E-state index in [9.17, 15) is 23.2 Å². The van der Waals surface area contributed by atoms with Crippen LogP contribution in [0.1, 0.15) is 16.2 Å². The molecule has 0 radical (unpaired) electrons. The number of nitrogens with zero attached hydrogens (tertiary/aromatic N) is 1. The van der Waals surface area contributed by atoms with Crippen LogP contribution in [0.5, 0.6) is 0 Å². The van der Waals surface area contributed by atoms with E-state index in [1.807, 2.05) is 0 Å². The first-order valence-corrected chi connectivity index (χ1v) is 3.76. The van der Waals surface area contributed by atoms with Crippen LogP contribution in [0.2, 0.25) is 0 Å². The first kappa shape index (κ1) is 11.3. The highest BCUT2D eigenvalue weighted by atomic mass is 19.4. The topological polar surface area (TPSA) is 53.2 Å². The molecule has 0 spiro atoms. The van der Waals surface area contributed by atoms with Crippen LogP contribution in [-0.2, 0) is 10.9 Å². The molecular weight excluding hydrogens is 215 g/mol. The SMILES string of the molecule is COC(=O)c1cccc(C(F)(F)F)[n+]1[O-]. The van der Waals surface area contributed by atoms with E-state index in [-0.39, 0.29) is 0 Å². The summed E-state index contributed by atoms with van der Waals surface area (Å²) in [5.74, 6) is -1.11. The van der Waals surface area contributed by atoms with E-state index in [0.29, 0.717) is 6.07 Å². The Bertz CT molecular complexity index is 389. The molecule has 0 atom stereocenters. The predicted octanol–water partition coefficient (Wildman–Crippen LogP) is 1.13. The molecule has 0 saturated heterocycles. The minimum Gasteiger partial charge on any atom is -0.618 e. The Hall–Kier alpha value is -1.79. The molecule has 0 aliphatic rings. The fourth-order valence-electron chi connectivity index (χ4n) is 0.961. The van der Waals surface area contributed by atoms with Gasteiger partial charge in [-0.15, -0.1) is 0 Å². The number of hydrogen-bond acceptors (Lipinski definition) is 3. The lowest BCUT2D eigenvalue weighted by Crippen LogP contribution is -2.42. The van der Waals surface area contributed by atoms with Crippen LogP contribution in [0.25, 0.3) is 0 Å². The number of methoxy groups -OCH3 is 1. The third-order valence-electron chi connectivity index (χ3n) is 1.63. The van der Waals surface area contributed by atoms with Crippen LogP contribution in [0.15, 0.2) is 18.2 Å². The highest BCUT2D eigenvalue weighted by Gasteiger charge is 2.41. The van der Waals surface area contributed by atoms with Crippen molar-refractivity contribution in [1.29, 1.82) is 0 Å². The minimum atomic E-state index is -4.80. The van der Waals surface area contributed by atoms with Crippen LogP contribution in [0.4, 0.5) is 13.2 Å². The second kappa shape index (κ2) is 3.76. The third kappa shape index (κ3) is 2.17. The van der Waals surface area contributed by atoms with Crippen LogP contribution >= 0.6 is 0 Å². The molecule has 15 heavy (non-hydrogen) atoms. The Morgan fingerprint density at radius 2 is 2.07 bits per heavy atom. The lowest BCUT2D eigenvalue weighted by Gasteiger charge is -2.09. The molecule has 1 aromatic rings. The number of carbonyl (C=O) groups is 1. The summed E-state index contributed by atoms with van der Waals surface area (Å²) < 4.78 is 40.3. The largest absolute Gasteiger partial charge is 0.618 e. The second-order valence-electron chi connectivity index (χ2n) is 2.58. The highest BCUT2D eigenvalue weighted by molar-refractivity contribution is 5.85. The molecule has 1 rings (SSSR count). The summed E-state index contributed by atoms with van der Waals surface area (Å²) in [6.07, 6.45) is -4.80. The molecule has 0 N–H and O–H groups in total. The molecule has 0 aromatic carbocycles. The van der Waals surface area contributed by atoms with Crippen molar-refractivity contribution in [2.45, 2.75) is 6.18 Å². The van der Waals surface area contributed by atoms with E-state index >= 15 is 0 Å². The van der Waals surface area contributed by atoms with E-state index in [4.69, 9.17) is 0 Å². The van der Waals surface area contributed by atoms with Crippen molar-refractivity contribution in [3.8, 4) is 0 Å². The van der Waals surface area contributed by atoms with Crippen molar-refractivity contribution in [2.24, 2.45) is 0 Å². The maximum absolute atomic E-state index is 12.2. The number of halogens is 3. The van der Waals surface area contributed by atoms with Gasteiger partial charge in [-0.3, -0.25) is 0 Å². The van der Waals surface area contributed by atoms with Gasteiger partial charge >= 0.3 is 17.8 Å². The van der Waals surface area contributed by atoms with Gasteiger partial charge in [0.25, 0.3) is 5.69 Å². The number of hydrogen-bond donors (Lipinski definition) is 0. The first-order chi connectivity index (χ1) is 6.88. The van der Waals surface area contributed by atoms with Gasteiger partial charge in [-0.25, -0.2) is 4.79 Å². The summed E-state index contributed by atoms with van der Waals surface area (Å²) in [4.78, 5) is 10.9. The van der Waals surface area contributed by atoms with Gasteiger partial charge in [0.15, 0.2) is 0 Å². The van der Waals surface area contributed by atoms with Crippen molar-refractivity contribution in [1.82, 2.24) is 0 Å². The smallest absolute Gasteiger partial charge is 0.478 e. The average Bonchev–Trinajstić information content (AvgIpc) is 2.15. The molecule has 4 nitrogen and oxygen atoms in total. The van der Waals surface area contributed by atoms with Gasteiger partial charge in [0.1, 0.15) is 0 Å². The summed E-state index contributed by atoms with van der Waals surface area (Å²) in [6.45, 7) is 0. The molecule has 0 aliphatic carbocycles. The summed E-state index contributed by atoms with van der Waals surface area (Å²) >= 11 is 0. The quantitative estimate of drug-likeness (QED) is 0.405. The number of carbonyl (C=O) groups excluding carboxylic acids is 1. The summed E-state index contributed by atoms with van der Waals surface area (Å²) in [5.41, 5.74) is -2.15. The second-order valence-corrected chi connectivity index (χ2v) is 2.58. The van der Waals surface area contributed by atoms with E-state index < -0.39 is 28.3 Å². The van der Waals surface area contributed by atoms with Gasteiger partial charge in [-0.1, -0.05) is 0 Å². The van der Waals surface area contributed by atoms with Gasteiger partial charge in [-0.05, 0) is 6.07 Å². The third-order valence-corrected chi connectivity index (χ3v) is 1.63. The zero-order valence-corrected chi connectivity index (χ0v) is 7.54. The summed E-state index contributed by atoms with van der Waals surface area (Å²) in [5, 5.41) is 11.1. The Labute approximate surface area is 82.5 Å². The number of rotatable bonds is 1. The van der Waals surface area contributed by atoms with Gasteiger partial charge in [-0.2, -0.15) is 17.9 Å². The number of alkyl halides is 3. The zero-order valence-electron chi connectivity index (χ0n) is 7.54. The number of ether oxygens (including phenoxy) is 1. The number of esters is 1. The molecule has 0 amide bonds. The average molecular weight is 221 g/mol. The van der Waals surface area contributed by atoms with Crippen LogP contribution in [0.3, 0.4) is 0 Å². The Morgan fingerprint density at radius 3 is 2.53 bits per heavy atom. The van der Waals surface area contributed by atoms with E-state index in [1.54, 1.807) is 0 Å². The molecular formula is C8H6F3NO3. The molecule has 0 bridgehead atoms. The van der Waals surface area contributed by atoms with Gasteiger partial charge in [0.2, 0.25) is 0 Å². The van der Waals surface area contributed by atoms with Gasteiger partial charge in [0, 0.05) is 12.1 Å². The monoisotopic (exact) mass is 221 g/mol. The van der Waals surface area contributed by atoms with Crippen molar-refractivity contribution in [3.63, 3.8) is 0 Å². The normalized spacial score (nSPS) is 11.2. The molecule has 0 fully saturated rings. The van der Waals surface area contributed by atoms with Crippen molar-refractivity contribution >= 4 is 5.97 Å². The van der Waals surface area contributed by atoms with E-state index in [2.05, 4.69) is 4.74 Å². The highest BCUT2D eigenvalue weighted by Crippen LogP contribution is 2.26. The molecule has 82 valence electrons. The lowest BCUT2D eigenvalue weighted by atomic mass is 10.3. The minimum absolute atomic E-state index is 0.494. The number of aromatic nitrogens is 1. The summed E-state index contributed by atoms with van der Waals surface area (Å²) in [7, 11) is 0.975. The van der Waals surface area contributed by atoms with Crippen molar-refractivity contribution in [2.75, 3.05) is 7.11 Å². The molecule has 0 saturated carbocycles. The van der Waals surface area contributed by atoms with Crippen LogP contribution < -0.4 is 4.73 Å². The van der Waals surface area contributed by atoms with Gasteiger partial charge < -0.3 is 9.94 Å². The molecule has 7 heteroatoms. The Balaban J connectivity index is 3.30. The van der Waals surface area contributed by atoms with Crippen LogP contribution in [0, 0.1) is 5.21 Å². The molecule has 1 aromatic heterocycles. The summed E-state index contributed by atoms with van der Waals surface area (Å²) in [6, 6.07) is 2.50. The maximum atomic E-state index is 12.2. The molecule has 0 unspecified atom stereocenters. The maximum Gasteiger partial charge on any atom is 0.478 e. The fraction of sp³-hybridized carbons (Fsp3) is 0.250. The number of pyridine rings is 1. The van der Waals surface area contributed by atoms with E-state index in [0.717, 1.165) is 19.2 Å². The standard InChI is InChI=1S/C8H6F3NO3/c1-15-7(13)5-3-2-4-6(12(5)14)8(9,10)11/h2-4H,1H3.